The number of nitrogen functional groups attached to an aromatic ring is 1. The Balaban J connectivity index is 1.54. The van der Waals surface area contributed by atoms with Crippen LogP contribution in [0.3, 0.4) is 0 Å². The number of benzene rings is 1. The van der Waals surface area contributed by atoms with Crippen LogP contribution in [0.4, 0.5) is 10.3 Å². The number of halogens is 1. The summed E-state index contributed by atoms with van der Waals surface area (Å²) < 4.78 is 52.9. The Labute approximate surface area is 218 Å². The third-order valence-corrected chi connectivity index (χ3v) is 7.38. The van der Waals surface area contributed by atoms with Crippen molar-refractivity contribution in [3.63, 3.8) is 0 Å². The number of nitrogens with zero attached hydrogens (tertiary/aromatic N) is 4. The monoisotopic (exact) mass is 552 g/mol. The smallest absolute Gasteiger partial charge is 0.459 e. The molecule has 1 saturated heterocycles. The Morgan fingerprint density at radius 3 is 2.71 bits per heavy atom. The zero-order valence-electron chi connectivity index (χ0n) is 21.2. The first kappa shape index (κ1) is 27.9. The lowest BCUT2D eigenvalue weighted by Crippen LogP contribution is -2.41. The number of carbonyl (C=O) groups excluding carboxylic acids is 1. The summed E-state index contributed by atoms with van der Waals surface area (Å²) in [5.41, 5.74) is 3.89. The molecule has 0 saturated carbocycles. The molecule has 1 fully saturated rings. The van der Waals surface area contributed by atoms with Gasteiger partial charge in [0.15, 0.2) is 17.5 Å². The Hall–Kier alpha value is -3.16. The van der Waals surface area contributed by atoms with Crippen LogP contribution in [0.25, 0.3) is 11.2 Å². The maximum atomic E-state index is 15.8. The Bertz CT molecular complexity index is 1320. The molecule has 1 aliphatic rings. The SMILES string of the molecule is CC(C)OC(=O)C(C)NP(=O)(OCC1OC(n2cnc3cnc(N)nc32)C(C)(F)C1O)Oc1ccccc1. The zero-order chi connectivity index (χ0) is 27.7. The molecular weight excluding hydrogens is 522 g/mol. The number of aliphatic hydroxyl groups excluding tert-OH is 1. The highest BCUT2D eigenvalue weighted by Gasteiger charge is 2.56. The predicted octanol–water partition coefficient (Wildman–Crippen LogP) is 2.53. The van der Waals surface area contributed by atoms with Gasteiger partial charge in [0.1, 0.15) is 29.5 Å². The van der Waals surface area contributed by atoms with Gasteiger partial charge in [-0.25, -0.2) is 18.9 Å². The van der Waals surface area contributed by atoms with Crippen LogP contribution in [0.1, 0.15) is 33.9 Å². The number of hydrogen-bond donors (Lipinski definition) is 3. The molecule has 1 aromatic carbocycles. The molecule has 0 spiro atoms. The van der Waals surface area contributed by atoms with Crippen LogP contribution in [0.5, 0.6) is 5.75 Å². The van der Waals surface area contributed by atoms with Crippen molar-refractivity contribution >= 4 is 30.8 Å². The van der Waals surface area contributed by atoms with Crippen molar-refractivity contribution in [1.29, 1.82) is 0 Å². The van der Waals surface area contributed by atoms with E-state index >= 15 is 4.39 Å². The maximum absolute atomic E-state index is 15.8. The van der Waals surface area contributed by atoms with E-state index in [0.29, 0.717) is 5.52 Å². The molecule has 6 unspecified atom stereocenters. The van der Waals surface area contributed by atoms with Gasteiger partial charge in [-0.2, -0.15) is 10.1 Å². The van der Waals surface area contributed by atoms with Crippen molar-refractivity contribution in [2.75, 3.05) is 12.3 Å². The molecular formula is C23H30FN6O7P. The summed E-state index contributed by atoms with van der Waals surface area (Å²) in [6.07, 6.45) is -2.07. The maximum Gasteiger partial charge on any atom is 0.459 e. The van der Waals surface area contributed by atoms with Crippen LogP contribution in [0.2, 0.25) is 0 Å². The van der Waals surface area contributed by atoms with Crippen molar-refractivity contribution in [2.24, 2.45) is 0 Å². The topological polar surface area (TPSA) is 173 Å². The third-order valence-electron chi connectivity index (χ3n) is 5.74. The first-order valence-corrected chi connectivity index (χ1v) is 13.4. The van der Waals surface area contributed by atoms with E-state index in [-0.39, 0.29) is 17.3 Å². The molecule has 3 aromatic rings. The first-order chi connectivity index (χ1) is 17.9. The molecule has 0 bridgehead atoms. The van der Waals surface area contributed by atoms with Crippen molar-refractivity contribution in [1.82, 2.24) is 24.6 Å². The second kappa shape index (κ2) is 10.9. The highest BCUT2D eigenvalue weighted by molar-refractivity contribution is 7.52. The summed E-state index contributed by atoms with van der Waals surface area (Å²) in [5, 5.41) is 13.3. The van der Waals surface area contributed by atoms with Gasteiger partial charge in [-0.15, -0.1) is 0 Å². The normalized spacial score (nSPS) is 25.8. The number of para-hydroxylation sites is 1. The third kappa shape index (κ3) is 5.94. The fourth-order valence-electron chi connectivity index (χ4n) is 3.87. The van der Waals surface area contributed by atoms with Gasteiger partial charge < -0.3 is 24.8 Å². The number of carbonyl (C=O) groups is 1. The number of aromatic nitrogens is 4. The minimum absolute atomic E-state index is 0.0478. The number of anilines is 1. The number of fused-ring (bicyclic) bond motifs is 1. The number of rotatable bonds is 10. The van der Waals surface area contributed by atoms with E-state index in [1.54, 1.807) is 44.2 Å². The lowest BCUT2D eigenvalue weighted by Gasteiger charge is -2.25. The molecule has 206 valence electrons. The second-order valence-corrected chi connectivity index (χ2v) is 10.9. The van der Waals surface area contributed by atoms with Gasteiger partial charge in [0.05, 0.1) is 25.2 Å². The standard InChI is InChI=1S/C23H30FN6O7P/c1-13(2)35-20(32)14(3)29-38(33,37-15-8-6-5-7-9-15)34-11-17-18(31)23(4,24)21(36-17)30-12-27-16-10-26-22(25)28-19(16)30/h5-10,12-14,17-18,21,31H,11H2,1-4H3,(H,29,33)(H2,25,26,28). The molecule has 38 heavy (non-hydrogen) atoms. The van der Waals surface area contributed by atoms with E-state index in [9.17, 15) is 14.5 Å². The zero-order valence-corrected chi connectivity index (χ0v) is 22.1. The van der Waals surface area contributed by atoms with Gasteiger partial charge in [-0.05, 0) is 39.8 Å². The van der Waals surface area contributed by atoms with Gasteiger partial charge in [0, 0.05) is 0 Å². The Morgan fingerprint density at radius 1 is 1.32 bits per heavy atom. The highest BCUT2D eigenvalue weighted by Crippen LogP contribution is 2.48. The Morgan fingerprint density at radius 2 is 2.03 bits per heavy atom. The number of alkyl halides is 1. The van der Waals surface area contributed by atoms with E-state index in [0.717, 1.165) is 6.92 Å². The molecule has 2 aromatic heterocycles. The molecule has 1 aliphatic heterocycles. The van der Waals surface area contributed by atoms with Crippen LogP contribution in [-0.2, 0) is 23.4 Å². The number of imidazole rings is 1. The molecule has 0 amide bonds. The first-order valence-electron chi connectivity index (χ1n) is 11.8. The summed E-state index contributed by atoms with van der Waals surface area (Å²) in [7, 11) is -4.26. The molecule has 0 radical (unpaired) electrons. The molecule has 6 atom stereocenters. The average Bonchev–Trinajstić information content (AvgIpc) is 3.35. The number of nitrogens with one attached hydrogen (secondary N) is 1. The lowest BCUT2D eigenvalue weighted by atomic mass is 9.98. The number of esters is 1. The van der Waals surface area contributed by atoms with Gasteiger partial charge in [-0.3, -0.25) is 13.9 Å². The van der Waals surface area contributed by atoms with E-state index in [4.69, 9.17) is 24.3 Å². The highest BCUT2D eigenvalue weighted by atomic mass is 31.2. The summed E-state index contributed by atoms with van der Waals surface area (Å²) in [4.78, 5) is 24.4. The molecule has 3 heterocycles. The van der Waals surface area contributed by atoms with Crippen LogP contribution < -0.4 is 15.3 Å². The predicted molar refractivity (Wildman–Crippen MR) is 134 cm³/mol. The number of aliphatic hydroxyl groups is 1. The molecule has 4 N–H and O–H groups in total. The van der Waals surface area contributed by atoms with Gasteiger partial charge in [0.2, 0.25) is 5.95 Å². The van der Waals surface area contributed by atoms with Gasteiger partial charge in [0.25, 0.3) is 0 Å². The fraction of sp³-hybridized carbons (Fsp3) is 0.478. The minimum atomic E-state index is -4.26. The van der Waals surface area contributed by atoms with Gasteiger partial charge in [-0.1, -0.05) is 18.2 Å². The fourth-order valence-corrected chi connectivity index (χ4v) is 5.37. The van der Waals surface area contributed by atoms with E-state index in [1.807, 2.05) is 0 Å². The van der Waals surface area contributed by atoms with Crippen LogP contribution >= 0.6 is 7.75 Å². The number of ether oxygens (including phenoxy) is 2. The molecule has 0 aliphatic carbocycles. The quantitative estimate of drug-likeness (QED) is 0.248. The minimum Gasteiger partial charge on any atom is -0.462 e. The van der Waals surface area contributed by atoms with Crippen molar-refractivity contribution in [3.8, 4) is 5.75 Å². The molecule has 15 heteroatoms. The van der Waals surface area contributed by atoms with E-state index < -0.39 is 56.6 Å². The molecule has 4 rings (SSSR count). The number of nitrogens with two attached hydrogens (primary N) is 1. The van der Waals surface area contributed by atoms with E-state index in [2.05, 4.69) is 20.0 Å². The van der Waals surface area contributed by atoms with Crippen molar-refractivity contribution in [3.05, 3.63) is 42.9 Å². The van der Waals surface area contributed by atoms with Crippen molar-refractivity contribution in [2.45, 2.75) is 63.9 Å². The van der Waals surface area contributed by atoms with Crippen LogP contribution in [-0.4, -0.2) is 67.2 Å². The Kier molecular flexibility index (Phi) is 8.00. The summed E-state index contributed by atoms with van der Waals surface area (Å²) in [6.45, 7) is 5.38. The largest absolute Gasteiger partial charge is 0.462 e. The summed E-state index contributed by atoms with van der Waals surface area (Å²) in [6, 6.07) is 7.06. The summed E-state index contributed by atoms with van der Waals surface area (Å²) >= 11 is 0. The van der Waals surface area contributed by atoms with E-state index in [1.165, 1.54) is 24.0 Å². The lowest BCUT2D eigenvalue weighted by molar-refractivity contribution is -0.149. The van der Waals surface area contributed by atoms with Crippen molar-refractivity contribution < 1.29 is 37.4 Å². The second-order valence-electron chi connectivity index (χ2n) is 9.25. The summed E-state index contributed by atoms with van der Waals surface area (Å²) in [5.74, 6) is -0.535. The van der Waals surface area contributed by atoms with Gasteiger partial charge >= 0.3 is 13.7 Å². The average molecular weight is 553 g/mol. The van der Waals surface area contributed by atoms with Crippen LogP contribution in [0.15, 0.2) is 42.9 Å². The molecule has 13 nitrogen and oxygen atoms in total. The number of hydrogen-bond acceptors (Lipinski definition) is 11. The van der Waals surface area contributed by atoms with Crippen LogP contribution in [0, 0.1) is 0 Å².